The minimum Gasteiger partial charge on any atom is -1.00 e. The van der Waals surface area contributed by atoms with Crippen molar-refractivity contribution in [2.24, 2.45) is 29.2 Å². The van der Waals surface area contributed by atoms with Crippen LogP contribution in [0.3, 0.4) is 0 Å². The summed E-state index contributed by atoms with van der Waals surface area (Å²) >= 11 is 19.0. The third-order valence-corrected chi connectivity index (χ3v) is 16.2. The van der Waals surface area contributed by atoms with Gasteiger partial charge in [-0.05, 0) is 68.6 Å². The minimum absolute atomic E-state index is 0. The topological polar surface area (TPSA) is 695 Å². The molecule has 53 heteroatoms. The van der Waals surface area contributed by atoms with E-state index in [4.69, 9.17) is 69.6 Å². The van der Waals surface area contributed by atoms with Gasteiger partial charge in [0.1, 0.15) is 30.5 Å². The van der Waals surface area contributed by atoms with Crippen molar-refractivity contribution in [2.75, 3.05) is 77.2 Å². The van der Waals surface area contributed by atoms with Crippen molar-refractivity contribution in [2.45, 2.75) is 189 Å². The van der Waals surface area contributed by atoms with Gasteiger partial charge in [0.2, 0.25) is 6.29 Å². The number of aldehydes is 1. The first-order valence-corrected chi connectivity index (χ1v) is 36.6. The third-order valence-electron chi connectivity index (χ3n) is 15.3. The fraction of sp³-hybridized carbons (Fsp3) is 0.597. The second-order valence-electron chi connectivity index (χ2n) is 23.6. The fourth-order valence-corrected chi connectivity index (χ4v) is 9.94. The number of aromatic nitrogens is 6. The van der Waals surface area contributed by atoms with Crippen LogP contribution in [0.4, 0.5) is 0 Å². The average Bonchev–Trinajstić information content (AvgIpc) is 1.55. The molecule has 3 saturated heterocycles. The second-order valence-corrected chi connectivity index (χ2v) is 25.3. The number of nitrogens with one attached hydrogen (secondary N) is 4. The number of nitrogens with two attached hydrogens (primary N) is 2. The first kappa shape index (κ1) is 138. The molecule has 14 N–H and O–H groups in total. The van der Waals surface area contributed by atoms with Crippen molar-refractivity contribution in [1.29, 1.82) is 0 Å². The maximum atomic E-state index is 12.0. The quantitative estimate of drug-likeness (QED) is 0.00521. The molecule has 46 nitrogen and oxygen atoms in total. The van der Waals surface area contributed by atoms with Crippen LogP contribution in [-0.4, -0.2) is 276 Å². The predicted octanol–water partition coefficient (Wildman–Crippen LogP) is -8.34. The molecule has 0 bridgehead atoms. The van der Waals surface area contributed by atoms with Crippen LogP contribution >= 0.6 is 48.9 Å². The van der Waals surface area contributed by atoms with E-state index in [0.29, 0.717) is 24.9 Å². The van der Waals surface area contributed by atoms with Gasteiger partial charge in [0.25, 0.3) is 23.2 Å². The smallest absolute Gasteiger partial charge is 1.00 e. The monoisotopic (exact) mass is 1900 g/mol. The van der Waals surface area contributed by atoms with Crippen molar-refractivity contribution < 1.29 is 260 Å². The summed E-state index contributed by atoms with van der Waals surface area (Å²) in [4.78, 5) is 194. The van der Waals surface area contributed by atoms with E-state index < -0.39 is 139 Å². The van der Waals surface area contributed by atoms with Crippen LogP contribution in [0.1, 0.15) is 139 Å². The summed E-state index contributed by atoms with van der Waals surface area (Å²) in [6.45, 7) is 20.4. The third kappa shape index (κ3) is 56.3. The number of Topliss-reactive ketones (excluding diaryl/α,β-unsaturated/α-hetero) is 1. The molecule has 0 amide bonds. The van der Waals surface area contributed by atoms with Crippen LogP contribution in [-0.2, 0) is 157 Å². The zero-order valence-electron chi connectivity index (χ0n) is 73.7. The Kier molecular flexibility index (Phi) is 85.4. The van der Waals surface area contributed by atoms with Crippen LogP contribution in [0.15, 0.2) is 38.5 Å². The van der Waals surface area contributed by atoms with E-state index in [1.807, 2.05) is 27.7 Å². The molecule has 6 heterocycles. The van der Waals surface area contributed by atoms with Crippen molar-refractivity contribution in [3.63, 3.8) is 0 Å². The van der Waals surface area contributed by atoms with Crippen LogP contribution in [0.25, 0.3) is 0 Å². The number of esters is 11. The van der Waals surface area contributed by atoms with Gasteiger partial charge in [0, 0.05) is 87.2 Å². The molecule has 3 aromatic rings. The summed E-state index contributed by atoms with van der Waals surface area (Å²) in [5.74, 6) is -6.86. The van der Waals surface area contributed by atoms with Crippen LogP contribution in [0.5, 0.6) is 0 Å². The second kappa shape index (κ2) is 77.5. The maximum Gasteiger partial charge on any atom is 1.00 e. The van der Waals surface area contributed by atoms with E-state index in [2.05, 4.69) is 98.5 Å². The SMILES string of the molecule is C.CCOC=O.CC[C@H]1OC(OC(C)=O)[C@@H](OC(C)=O)C1C.CC[C@H]1O[C@@H](n2cc(CC(=O)OC)c(=O)[nH]c2=S)[C@@H](OC(C)=O)C1C.CO.COC(=O)CC(C=O)C(=O)OC.COC(=O)CCC(=O)OC.COC(=O)Cc1c[nH]c(=S)[nH]c1=O.COC(=O)Cc1cn([C@@H]2O[C@H](CO)C(O)[C@@H]2O)c(=S)[nH]c1=O.NC(N)=S.[CH-]=C(CC(=O)OC)C(C)=O.[H-].[Na+].[Na+].[Na+].[OH-].[OH-]. The molecule has 3 fully saturated rings. The number of ketones is 1. The number of ether oxygens (including phenoxy) is 15. The first-order chi connectivity index (χ1) is 55.8. The molecule has 698 valence electrons. The van der Waals surface area contributed by atoms with E-state index in [1.54, 1.807) is 6.92 Å². The number of hydrogen-bond donors (Lipinski definition) is 10. The van der Waals surface area contributed by atoms with Crippen molar-refractivity contribution in [3.8, 4) is 0 Å². The Labute approximate surface area is 808 Å². The molecule has 0 radical (unpaired) electrons. The summed E-state index contributed by atoms with van der Waals surface area (Å²) < 4.78 is 74.6. The van der Waals surface area contributed by atoms with Crippen LogP contribution in [0, 0.1) is 38.6 Å². The molecule has 0 aliphatic carbocycles. The van der Waals surface area contributed by atoms with Gasteiger partial charge in [-0.2, -0.15) is 5.57 Å². The maximum absolute atomic E-state index is 12.0. The van der Waals surface area contributed by atoms with E-state index in [0.717, 1.165) is 27.1 Å². The zero-order chi connectivity index (χ0) is 92.7. The number of H-pyrrole nitrogens is 4. The Bertz CT molecular complexity index is 4170. The summed E-state index contributed by atoms with van der Waals surface area (Å²) in [5, 5.41) is 35.8. The minimum atomic E-state index is -1.35. The van der Waals surface area contributed by atoms with E-state index in [-0.39, 0.29) is 225 Å². The molecule has 3 aromatic heterocycles. The van der Waals surface area contributed by atoms with Gasteiger partial charge in [-0.3, -0.25) is 103 Å². The number of methoxy groups -OCH3 is 8. The molecule has 6 rings (SSSR count). The Balaban J connectivity index is -0.000000135. The van der Waals surface area contributed by atoms with Gasteiger partial charge in [0.05, 0.1) is 121 Å². The molecule has 125 heavy (non-hydrogen) atoms. The van der Waals surface area contributed by atoms with Gasteiger partial charge >= 0.3 is 154 Å². The van der Waals surface area contributed by atoms with Crippen LogP contribution in [0.2, 0.25) is 0 Å². The number of carbonyl (C=O) groups excluding carboxylic acids is 14. The number of aromatic amines is 4. The van der Waals surface area contributed by atoms with E-state index in [1.165, 1.54) is 105 Å². The molecule has 0 aromatic carbocycles. The number of nitrogens with zero attached hydrogens (tertiary/aromatic N) is 2. The average molecular weight is 1900 g/mol. The molecule has 13 atom stereocenters. The number of hydrogen-bond acceptors (Lipinski definition) is 42. The number of rotatable bonds is 26. The Morgan fingerprint density at radius 2 is 0.928 bits per heavy atom. The number of carbonyl (C=O) groups is 14. The standard InChI is InChI=1S/C16H22N2O6S.C12H16N2O7S.C11H18O5.C7H8N2O3S.C7H10O5.C7H9O3.C6H10O4.C3H6O2.CH4N2S.CH4O.CH4.3Na.2H2O.H/c1-5-11-8(2)13(23-9(3)19)15(24-11)18-7-10(6-12(20)22-4)14(21)17-16(18)25;1-20-7(16)2-5-3-14(12(22)13-10(5)19)11-9(18)8(17)6(4-15)21-11;1-5-9-6(2)10(14-7(3)12)11(16-9)15-8(4)13;1-12-5(10)2-4-3-8-7(13)9-6(4)11;1-11-6(9)3-5(4-8)7(10)12-2;1-5(6(2)8)4-7(9)10-3;1-9-5(7)3-4-6(8)10-2;1-2-5-3-4;2-1(3)4;1-2;;;;;;;/h7-8,11,13,15H,5-6H2,1-4H3,(H,17,21,25);3,6,8-9,11,15,17-18H,2,4H2,1H3,(H,13,19,22);6,9-11H,5H2,1-4H3;3H,2H2,1H3,(H2,8,9,11,13);4-5H,3H2,1-2H3;1H,4H2,2-3H3;3-4H2,1-2H3;3H,2H2,1H3;(H4,2,3,4);2H,1H3;1H4;;;;2*1H2;/q;;;;;-1;;;;;;3*+1;;;-1/p-2/t8?,11-,13+,15-;6-,8?,9+,11-;6?,9-,10+,11?;;;;;;;;;;;;;;/m111............../s1. The van der Waals surface area contributed by atoms with E-state index >= 15 is 0 Å². The molecule has 3 aliphatic rings. The van der Waals surface area contributed by atoms with Crippen molar-refractivity contribution >= 4 is 138 Å². The zero-order valence-corrected chi connectivity index (χ0v) is 81.9. The van der Waals surface area contributed by atoms with Gasteiger partial charge in [-0.1, -0.05) is 42.0 Å². The molecule has 5 unspecified atom stereocenters. The summed E-state index contributed by atoms with van der Waals surface area (Å²) in [6, 6.07) is 0. The first-order valence-electron chi connectivity index (χ1n) is 35.0. The van der Waals surface area contributed by atoms with Crippen LogP contribution < -0.4 is 117 Å². The Morgan fingerprint density at radius 1 is 0.560 bits per heavy atom. The van der Waals surface area contributed by atoms with Crippen molar-refractivity contribution in [1.82, 2.24) is 29.1 Å². The number of thiocarbonyl (C=S) groups is 1. The normalized spacial score (nSPS) is 18.3. The molecular weight excluding hydrogens is 1780 g/mol. The molecule has 0 saturated carbocycles. The van der Waals surface area contributed by atoms with Crippen molar-refractivity contribution in [3.05, 3.63) is 92.8 Å². The molecule has 3 aliphatic heterocycles. The summed E-state index contributed by atoms with van der Waals surface area (Å²) in [5.41, 5.74) is 8.45. The summed E-state index contributed by atoms with van der Waals surface area (Å²) in [7, 11) is 10.8. The molecule has 0 spiro atoms. The Hall–Kier alpha value is -7.65. The van der Waals surface area contributed by atoms with E-state index in [9.17, 15) is 91.7 Å². The Morgan fingerprint density at radius 3 is 1.26 bits per heavy atom. The number of aliphatic hydroxyl groups excluding tert-OH is 4. The largest absolute Gasteiger partial charge is 1.00 e. The summed E-state index contributed by atoms with van der Waals surface area (Å²) in [6.07, 6.45) is -2.12. The van der Waals surface area contributed by atoms with Gasteiger partial charge < -0.3 is 130 Å². The number of aliphatic hydroxyl groups is 4. The fourth-order valence-electron chi connectivity index (χ4n) is 9.29. The van der Waals surface area contributed by atoms with Gasteiger partial charge in [-0.15, -0.1) is 0 Å². The van der Waals surface area contributed by atoms with Gasteiger partial charge in [0.15, 0.2) is 44.1 Å². The molecular formula is C72H114N8Na3O38S4-. The predicted molar refractivity (Wildman–Crippen MR) is 434 cm³/mol. The van der Waals surface area contributed by atoms with Gasteiger partial charge in [-0.25, -0.2) is 0 Å².